The maximum absolute atomic E-state index is 12.7. The zero-order valence-electron chi connectivity index (χ0n) is 13.9. The monoisotopic (exact) mass is 327 g/mol. The number of nitrogens with zero attached hydrogens (tertiary/aromatic N) is 2. The van der Waals surface area contributed by atoms with Gasteiger partial charge in [0.05, 0.1) is 24.4 Å². The number of ether oxygens (including phenoxy) is 1. The van der Waals surface area contributed by atoms with Crippen LogP contribution in [0.15, 0.2) is 36.5 Å². The van der Waals surface area contributed by atoms with E-state index in [4.69, 9.17) is 4.74 Å². The van der Waals surface area contributed by atoms with Gasteiger partial charge in [0.2, 0.25) is 11.8 Å². The summed E-state index contributed by atoms with van der Waals surface area (Å²) in [6.07, 6.45) is 1.68. The lowest BCUT2D eigenvalue weighted by atomic mass is 9.90. The molecule has 126 valence electrons. The van der Waals surface area contributed by atoms with Gasteiger partial charge in [-0.25, -0.2) is 0 Å². The van der Waals surface area contributed by atoms with E-state index >= 15 is 0 Å². The van der Waals surface area contributed by atoms with Crippen molar-refractivity contribution in [3.63, 3.8) is 0 Å². The average Bonchev–Trinajstić information content (AvgIpc) is 2.62. The van der Waals surface area contributed by atoms with Gasteiger partial charge in [0.1, 0.15) is 5.41 Å². The number of amides is 2. The van der Waals surface area contributed by atoms with Crippen molar-refractivity contribution in [3.8, 4) is 0 Å². The molecule has 0 aliphatic carbocycles. The van der Waals surface area contributed by atoms with Crippen LogP contribution >= 0.6 is 0 Å². The summed E-state index contributed by atoms with van der Waals surface area (Å²) < 4.78 is 5.26. The molecule has 0 saturated carbocycles. The molecule has 2 heterocycles. The number of rotatable bonds is 3. The third-order valence-electron chi connectivity index (χ3n) is 4.28. The Morgan fingerprint density at radius 1 is 1.17 bits per heavy atom. The predicted molar refractivity (Wildman–Crippen MR) is 91.6 cm³/mol. The molecule has 1 aliphatic heterocycles. The van der Waals surface area contributed by atoms with Gasteiger partial charge in [0, 0.05) is 24.7 Å². The van der Waals surface area contributed by atoms with Crippen molar-refractivity contribution < 1.29 is 14.3 Å². The van der Waals surface area contributed by atoms with Crippen LogP contribution < -0.4 is 5.32 Å². The first kappa shape index (κ1) is 16.4. The number of carbonyl (C=O) groups is 2. The number of hydrogen-bond acceptors (Lipinski definition) is 4. The van der Waals surface area contributed by atoms with Crippen LogP contribution in [0.1, 0.15) is 13.8 Å². The van der Waals surface area contributed by atoms with E-state index in [1.165, 1.54) is 0 Å². The molecule has 2 aromatic rings. The van der Waals surface area contributed by atoms with Gasteiger partial charge in [-0.15, -0.1) is 0 Å². The molecule has 24 heavy (non-hydrogen) atoms. The third kappa shape index (κ3) is 3.10. The summed E-state index contributed by atoms with van der Waals surface area (Å²) in [6.45, 7) is 5.36. The zero-order valence-corrected chi connectivity index (χ0v) is 13.9. The fourth-order valence-corrected chi connectivity index (χ4v) is 2.74. The molecule has 0 spiro atoms. The molecule has 0 bridgehead atoms. The van der Waals surface area contributed by atoms with Gasteiger partial charge in [-0.2, -0.15) is 0 Å². The minimum absolute atomic E-state index is 0.184. The first-order valence-electron chi connectivity index (χ1n) is 8.02. The van der Waals surface area contributed by atoms with E-state index in [1.54, 1.807) is 31.0 Å². The van der Waals surface area contributed by atoms with E-state index in [0.29, 0.717) is 37.5 Å². The van der Waals surface area contributed by atoms with Crippen molar-refractivity contribution in [2.45, 2.75) is 13.8 Å². The second-order valence-electron chi connectivity index (χ2n) is 6.36. The maximum Gasteiger partial charge on any atom is 0.239 e. The molecule has 0 radical (unpaired) electrons. The van der Waals surface area contributed by atoms with Gasteiger partial charge in [0.25, 0.3) is 0 Å². The van der Waals surface area contributed by atoms with Gasteiger partial charge in [-0.3, -0.25) is 14.6 Å². The summed E-state index contributed by atoms with van der Waals surface area (Å²) in [5.41, 5.74) is 0.165. The van der Waals surface area contributed by atoms with Crippen LogP contribution in [0, 0.1) is 5.41 Å². The minimum Gasteiger partial charge on any atom is -0.378 e. The summed E-state index contributed by atoms with van der Waals surface area (Å²) in [6, 6.07) is 9.36. The fraction of sp³-hybridized carbons (Fsp3) is 0.389. The van der Waals surface area contributed by atoms with Gasteiger partial charge in [0.15, 0.2) is 0 Å². The van der Waals surface area contributed by atoms with E-state index in [9.17, 15) is 9.59 Å². The van der Waals surface area contributed by atoms with E-state index in [-0.39, 0.29) is 11.8 Å². The van der Waals surface area contributed by atoms with E-state index < -0.39 is 5.41 Å². The molecule has 0 unspecified atom stereocenters. The van der Waals surface area contributed by atoms with Crippen molar-refractivity contribution in [3.05, 3.63) is 36.5 Å². The number of pyridine rings is 1. The van der Waals surface area contributed by atoms with Crippen LogP contribution in [0.4, 0.5) is 5.69 Å². The minimum atomic E-state index is -1.16. The Bertz CT molecular complexity index is 762. The maximum atomic E-state index is 12.7. The molecule has 1 N–H and O–H groups in total. The first-order valence-corrected chi connectivity index (χ1v) is 8.02. The highest BCUT2D eigenvalue weighted by Gasteiger charge is 2.39. The van der Waals surface area contributed by atoms with Crippen LogP contribution in [0.2, 0.25) is 0 Å². The molecule has 1 aromatic heterocycles. The number of benzene rings is 1. The van der Waals surface area contributed by atoms with E-state index in [1.807, 2.05) is 24.3 Å². The Balaban J connectivity index is 1.81. The number of nitrogens with one attached hydrogen (secondary N) is 1. The number of fused-ring (bicyclic) bond motifs is 1. The zero-order chi connectivity index (χ0) is 17.2. The summed E-state index contributed by atoms with van der Waals surface area (Å²) >= 11 is 0. The molecule has 3 rings (SSSR count). The molecule has 6 nitrogen and oxygen atoms in total. The quantitative estimate of drug-likeness (QED) is 0.876. The fourth-order valence-electron chi connectivity index (χ4n) is 2.74. The highest BCUT2D eigenvalue weighted by atomic mass is 16.5. The lowest BCUT2D eigenvalue weighted by Gasteiger charge is -2.33. The van der Waals surface area contributed by atoms with Crippen molar-refractivity contribution in [2.24, 2.45) is 5.41 Å². The second kappa shape index (κ2) is 6.57. The molecule has 1 aromatic carbocycles. The average molecular weight is 327 g/mol. The Morgan fingerprint density at radius 2 is 1.88 bits per heavy atom. The second-order valence-corrected chi connectivity index (χ2v) is 6.36. The van der Waals surface area contributed by atoms with Crippen LogP contribution in [-0.2, 0) is 14.3 Å². The standard InChI is InChI=1S/C18H21N3O3/c1-18(2,17(23)21-9-11-24-12-10-21)16(22)20-14-7-3-5-13-6-4-8-19-15(13)14/h3-8H,9-12H2,1-2H3,(H,20,22). The normalized spacial score (nSPS) is 15.3. The predicted octanol–water partition coefficient (Wildman–Crippen LogP) is 2.06. The van der Waals surface area contributed by atoms with E-state index in [2.05, 4.69) is 10.3 Å². The van der Waals surface area contributed by atoms with Crippen molar-refractivity contribution >= 4 is 28.4 Å². The molecule has 1 fully saturated rings. The number of anilines is 1. The molecular formula is C18H21N3O3. The Hall–Kier alpha value is -2.47. The summed E-state index contributed by atoms with van der Waals surface area (Å²) in [4.78, 5) is 31.5. The van der Waals surface area contributed by atoms with Crippen molar-refractivity contribution in [1.82, 2.24) is 9.88 Å². The molecular weight excluding hydrogens is 306 g/mol. The summed E-state index contributed by atoms with van der Waals surface area (Å²) in [5, 5.41) is 3.80. The van der Waals surface area contributed by atoms with Gasteiger partial charge in [-0.05, 0) is 26.0 Å². The van der Waals surface area contributed by atoms with Crippen LogP contribution in [0.25, 0.3) is 10.9 Å². The van der Waals surface area contributed by atoms with E-state index in [0.717, 1.165) is 5.39 Å². The smallest absolute Gasteiger partial charge is 0.239 e. The lowest BCUT2D eigenvalue weighted by Crippen LogP contribution is -2.51. The molecule has 2 amide bonds. The highest BCUT2D eigenvalue weighted by molar-refractivity contribution is 6.12. The molecule has 0 atom stereocenters. The van der Waals surface area contributed by atoms with Crippen LogP contribution in [0.5, 0.6) is 0 Å². The van der Waals surface area contributed by atoms with Gasteiger partial charge in [-0.1, -0.05) is 18.2 Å². The largest absolute Gasteiger partial charge is 0.378 e. The summed E-state index contributed by atoms with van der Waals surface area (Å²) in [5.74, 6) is -0.520. The Labute approximate surface area is 140 Å². The van der Waals surface area contributed by atoms with Crippen LogP contribution in [-0.4, -0.2) is 48.0 Å². The number of carbonyl (C=O) groups excluding carboxylic acids is 2. The molecule has 6 heteroatoms. The number of para-hydroxylation sites is 1. The SMILES string of the molecule is CC(C)(C(=O)Nc1cccc2cccnc12)C(=O)N1CCOCC1. The number of hydrogen-bond donors (Lipinski definition) is 1. The Kier molecular flexibility index (Phi) is 4.49. The molecule has 1 aliphatic rings. The number of morpholine rings is 1. The topological polar surface area (TPSA) is 71.5 Å². The summed E-state index contributed by atoms with van der Waals surface area (Å²) in [7, 11) is 0. The van der Waals surface area contributed by atoms with Gasteiger partial charge >= 0.3 is 0 Å². The molecule has 1 saturated heterocycles. The lowest BCUT2D eigenvalue weighted by molar-refractivity contribution is -0.149. The van der Waals surface area contributed by atoms with Crippen LogP contribution in [0.3, 0.4) is 0 Å². The van der Waals surface area contributed by atoms with Gasteiger partial charge < -0.3 is 15.0 Å². The third-order valence-corrected chi connectivity index (χ3v) is 4.28. The van der Waals surface area contributed by atoms with Crippen molar-refractivity contribution in [1.29, 1.82) is 0 Å². The Morgan fingerprint density at radius 3 is 2.62 bits per heavy atom. The first-order chi connectivity index (χ1) is 11.5. The highest BCUT2D eigenvalue weighted by Crippen LogP contribution is 2.26. The number of aromatic nitrogens is 1. The van der Waals surface area contributed by atoms with Crippen molar-refractivity contribution in [2.75, 3.05) is 31.6 Å².